The van der Waals surface area contributed by atoms with Crippen LogP contribution in [0.25, 0.3) is 21.8 Å². The molecule has 5 nitrogen and oxygen atoms in total. The van der Waals surface area contributed by atoms with Crippen LogP contribution in [0.1, 0.15) is 28.2 Å². The molecule has 1 aliphatic heterocycles. The predicted molar refractivity (Wildman–Crippen MR) is 117 cm³/mol. The van der Waals surface area contributed by atoms with Gasteiger partial charge in [0.05, 0.1) is 11.4 Å². The minimum Gasteiger partial charge on any atom is -0.438 e. The first-order valence-corrected chi connectivity index (χ1v) is 9.88. The fourth-order valence-electron chi connectivity index (χ4n) is 4.22. The molecule has 0 fully saturated rings. The normalized spacial score (nSPS) is 15.7. The molecule has 0 saturated heterocycles. The quantitative estimate of drug-likeness (QED) is 0.430. The molecule has 0 amide bonds. The molecule has 30 heavy (non-hydrogen) atoms. The van der Waals surface area contributed by atoms with E-state index in [2.05, 4.69) is 28.2 Å². The van der Waals surface area contributed by atoms with Crippen LogP contribution in [0.4, 0.5) is 0 Å². The molecule has 2 N–H and O–H groups in total. The van der Waals surface area contributed by atoms with Gasteiger partial charge in [0.15, 0.2) is 5.75 Å². The molecule has 6 heteroatoms. The Morgan fingerprint density at radius 2 is 1.90 bits per heavy atom. The largest absolute Gasteiger partial charge is 0.438 e. The molecular weight excluding hydrogens is 396 g/mol. The number of allylic oxidation sites excluding steroid dienone is 1. The van der Waals surface area contributed by atoms with Crippen LogP contribution in [-0.2, 0) is 0 Å². The third kappa shape index (κ3) is 2.69. The minimum atomic E-state index is -0.490. The molecule has 2 aromatic heterocycles. The van der Waals surface area contributed by atoms with E-state index in [9.17, 15) is 5.26 Å². The van der Waals surface area contributed by atoms with Crippen molar-refractivity contribution in [2.75, 3.05) is 0 Å². The maximum atomic E-state index is 9.88. The van der Waals surface area contributed by atoms with Crippen molar-refractivity contribution >= 4 is 33.4 Å². The number of aromatic nitrogens is 2. The van der Waals surface area contributed by atoms with Crippen molar-refractivity contribution in [3.63, 3.8) is 0 Å². The summed E-state index contributed by atoms with van der Waals surface area (Å²) in [6.45, 7) is 4.05. The van der Waals surface area contributed by atoms with Gasteiger partial charge in [0.1, 0.15) is 22.3 Å². The Labute approximate surface area is 178 Å². The standard InChI is InChI=1S/C24H17ClN4O/c1-12-8-13(2)20-15(9-12)10-17(23(25)29-20)19-16-6-5-14-4-3-7-28-21(14)22(16)30-24(27)18(19)11-26/h3-10,19H,27H2,1-2H3/t19-/m0/s1. The predicted octanol–water partition coefficient (Wildman–Crippen LogP) is 5.27. The molecule has 0 radical (unpaired) electrons. The molecule has 5 rings (SSSR count). The van der Waals surface area contributed by atoms with Gasteiger partial charge < -0.3 is 10.5 Å². The number of hydrogen-bond acceptors (Lipinski definition) is 5. The van der Waals surface area contributed by atoms with E-state index in [0.29, 0.717) is 27.6 Å². The third-order valence-electron chi connectivity index (χ3n) is 5.50. The van der Waals surface area contributed by atoms with Crippen molar-refractivity contribution in [2.24, 2.45) is 5.73 Å². The molecule has 0 spiro atoms. The molecule has 3 heterocycles. The summed E-state index contributed by atoms with van der Waals surface area (Å²) in [6.07, 6.45) is 1.71. The molecule has 0 saturated carbocycles. The number of ether oxygens (including phenoxy) is 1. The minimum absolute atomic E-state index is 0.0599. The first-order valence-electron chi connectivity index (χ1n) is 9.50. The highest BCUT2D eigenvalue weighted by atomic mass is 35.5. The molecule has 146 valence electrons. The van der Waals surface area contributed by atoms with Gasteiger partial charge >= 0.3 is 0 Å². The molecule has 0 unspecified atom stereocenters. The van der Waals surface area contributed by atoms with Crippen molar-refractivity contribution in [3.05, 3.63) is 87.5 Å². The van der Waals surface area contributed by atoms with Crippen molar-refractivity contribution in [1.82, 2.24) is 9.97 Å². The van der Waals surface area contributed by atoms with Gasteiger partial charge in [-0.05, 0) is 37.6 Å². The molecule has 2 aromatic carbocycles. The zero-order chi connectivity index (χ0) is 21.0. The number of nitriles is 1. The van der Waals surface area contributed by atoms with Gasteiger partial charge in [-0.3, -0.25) is 4.98 Å². The number of benzene rings is 2. The Morgan fingerprint density at radius 3 is 2.70 bits per heavy atom. The SMILES string of the molecule is Cc1cc(C)c2nc(Cl)c([C@H]3C(C#N)=C(N)Oc4c3ccc3cccnc43)cc2c1. The second-order valence-corrected chi connectivity index (χ2v) is 7.86. The summed E-state index contributed by atoms with van der Waals surface area (Å²) in [5, 5.41) is 12.1. The van der Waals surface area contributed by atoms with E-state index in [1.165, 1.54) is 0 Å². The number of nitrogens with two attached hydrogens (primary N) is 1. The van der Waals surface area contributed by atoms with Crippen molar-refractivity contribution in [1.29, 1.82) is 5.26 Å². The summed E-state index contributed by atoms with van der Waals surface area (Å²) in [7, 11) is 0. The second kappa shape index (κ2) is 6.72. The van der Waals surface area contributed by atoms with Crippen LogP contribution in [0.2, 0.25) is 5.15 Å². The van der Waals surface area contributed by atoms with Crippen LogP contribution < -0.4 is 10.5 Å². The van der Waals surface area contributed by atoms with E-state index in [-0.39, 0.29) is 5.88 Å². The molecule has 0 bridgehead atoms. The van der Waals surface area contributed by atoms with Crippen LogP contribution in [-0.4, -0.2) is 9.97 Å². The lowest BCUT2D eigenvalue weighted by molar-refractivity contribution is 0.397. The summed E-state index contributed by atoms with van der Waals surface area (Å²) < 4.78 is 5.87. The maximum absolute atomic E-state index is 9.88. The topological polar surface area (TPSA) is 84.8 Å². The zero-order valence-electron chi connectivity index (χ0n) is 16.4. The van der Waals surface area contributed by atoms with E-state index in [1.54, 1.807) is 6.20 Å². The number of nitrogens with zero attached hydrogens (tertiary/aromatic N) is 3. The average molecular weight is 413 g/mol. The smallest absolute Gasteiger partial charge is 0.205 e. The van der Waals surface area contributed by atoms with Gasteiger partial charge in [-0.2, -0.15) is 5.26 Å². The average Bonchev–Trinajstić information content (AvgIpc) is 2.73. The number of fused-ring (bicyclic) bond motifs is 4. The zero-order valence-corrected chi connectivity index (χ0v) is 17.2. The summed E-state index contributed by atoms with van der Waals surface area (Å²) in [5.74, 6) is 0.117. The fraction of sp³-hybridized carbons (Fsp3) is 0.125. The number of rotatable bonds is 1. The van der Waals surface area contributed by atoms with E-state index < -0.39 is 5.92 Å². The van der Waals surface area contributed by atoms with E-state index >= 15 is 0 Å². The van der Waals surface area contributed by atoms with Crippen LogP contribution >= 0.6 is 11.6 Å². The van der Waals surface area contributed by atoms with Crippen LogP contribution in [0.15, 0.2) is 60.1 Å². The van der Waals surface area contributed by atoms with E-state index in [4.69, 9.17) is 22.1 Å². The monoisotopic (exact) mass is 412 g/mol. The summed E-state index contributed by atoms with van der Waals surface area (Å²) in [4.78, 5) is 9.13. The Kier molecular flexibility index (Phi) is 4.12. The lowest BCUT2D eigenvalue weighted by Gasteiger charge is -2.27. The van der Waals surface area contributed by atoms with Gasteiger partial charge in [0.25, 0.3) is 0 Å². The van der Waals surface area contributed by atoms with E-state index in [0.717, 1.165) is 33.0 Å². The number of hydrogen-bond donors (Lipinski definition) is 1. The Bertz CT molecular complexity index is 1440. The molecular formula is C24H17ClN4O. The van der Waals surface area contributed by atoms with Gasteiger partial charge in [0, 0.05) is 28.1 Å². The fourth-order valence-corrected chi connectivity index (χ4v) is 4.47. The summed E-state index contributed by atoms with van der Waals surface area (Å²) in [5.41, 5.74) is 11.7. The van der Waals surface area contributed by atoms with E-state index in [1.807, 2.05) is 44.2 Å². The number of aryl methyl sites for hydroxylation is 2. The van der Waals surface area contributed by atoms with Crippen LogP contribution in [0.5, 0.6) is 5.75 Å². The highest BCUT2D eigenvalue weighted by Gasteiger charge is 2.34. The Hall–Kier alpha value is -3.62. The lowest BCUT2D eigenvalue weighted by Crippen LogP contribution is -2.21. The van der Waals surface area contributed by atoms with Gasteiger partial charge in [0.2, 0.25) is 5.88 Å². The lowest BCUT2D eigenvalue weighted by atomic mass is 9.83. The first kappa shape index (κ1) is 18.4. The van der Waals surface area contributed by atoms with Crippen LogP contribution in [0.3, 0.4) is 0 Å². The maximum Gasteiger partial charge on any atom is 0.205 e. The summed E-state index contributed by atoms with van der Waals surface area (Å²) in [6, 6.07) is 16.1. The summed E-state index contributed by atoms with van der Waals surface area (Å²) >= 11 is 6.66. The number of pyridine rings is 2. The van der Waals surface area contributed by atoms with Crippen molar-refractivity contribution in [3.8, 4) is 11.8 Å². The van der Waals surface area contributed by atoms with Gasteiger partial charge in [-0.15, -0.1) is 0 Å². The number of halogens is 1. The highest BCUT2D eigenvalue weighted by Crippen LogP contribution is 2.46. The molecule has 1 atom stereocenters. The van der Waals surface area contributed by atoms with Crippen molar-refractivity contribution < 1.29 is 4.74 Å². The molecule has 1 aliphatic rings. The first-order chi connectivity index (χ1) is 14.5. The van der Waals surface area contributed by atoms with Crippen molar-refractivity contribution in [2.45, 2.75) is 19.8 Å². The molecule has 4 aromatic rings. The molecule has 0 aliphatic carbocycles. The second-order valence-electron chi connectivity index (χ2n) is 7.51. The van der Waals surface area contributed by atoms with Gasteiger partial charge in [-0.1, -0.05) is 41.4 Å². The third-order valence-corrected chi connectivity index (χ3v) is 5.80. The Morgan fingerprint density at radius 1 is 1.07 bits per heavy atom. The highest BCUT2D eigenvalue weighted by molar-refractivity contribution is 6.30. The Balaban J connectivity index is 1.83. The van der Waals surface area contributed by atoms with Gasteiger partial charge in [-0.25, -0.2) is 4.98 Å². The van der Waals surface area contributed by atoms with Crippen LogP contribution in [0, 0.1) is 25.2 Å².